The van der Waals surface area contributed by atoms with Crippen LogP contribution in [0.15, 0.2) is 12.1 Å². The van der Waals surface area contributed by atoms with Crippen molar-refractivity contribution in [3.63, 3.8) is 0 Å². The second-order valence-corrected chi connectivity index (χ2v) is 4.11. The minimum Gasteiger partial charge on any atom is -0.385 e. The van der Waals surface area contributed by atoms with E-state index in [0.717, 1.165) is 37.6 Å². The summed E-state index contributed by atoms with van der Waals surface area (Å²) in [5.74, 6) is 1.23. The Balaban J connectivity index is 2.60. The molecule has 0 aliphatic rings. The molecule has 0 bridgehead atoms. The fourth-order valence-electron chi connectivity index (χ4n) is 1.53. The molecule has 5 nitrogen and oxygen atoms in total. The molecule has 1 aromatic rings. The molecule has 0 aliphatic heterocycles. The number of ether oxygens (including phenoxy) is 2. The van der Waals surface area contributed by atoms with Gasteiger partial charge in [-0.2, -0.15) is 5.10 Å². The van der Waals surface area contributed by atoms with E-state index in [0.29, 0.717) is 12.5 Å². The lowest BCUT2D eigenvalue weighted by atomic mass is 10.3. The minimum absolute atomic E-state index is 0.384. The standard InChI is InChI=1S/C12H20ClN3O2/c1-17-8-3-6-16(7-9-18-2)12-5-4-11(10-13)14-15-12/h4-5H,3,6-10H2,1-2H3. The van der Waals surface area contributed by atoms with Gasteiger partial charge >= 0.3 is 0 Å². The van der Waals surface area contributed by atoms with Crippen LogP contribution in [0.1, 0.15) is 12.1 Å². The Bertz CT molecular complexity index is 322. The molecule has 102 valence electrons. The first-order chi connectivity index (χ1) is 8.81. The molecule has 0 radical (unpaired) electrons. The van der Waals surface area contributed by atoms with Gasteiger partial charge in [-0.1, -0.05) is 0 Å². The molecule has 0 saturated heterocycles. The van der Waals surface area contributed by atoms with Gasteiger partial charge in [0.25, 0.3) is 0 Å². The highest BCUT2D eigenvalue weighted by Gasteiger charge is 2.08. The molecule has 0 aromatic carbocycles. The Hall–Kier alpha value is -0.910. The average Bonchev–Trinajstić information content (AvgIpc) is 2.43. The predicted molar refractivity (Wildman–Crippen MR) is 72.2 cm³/mol. The molecule has 0 unspecified atom stereocenters. The van der Waals surface area contributed by atoms with E-state index in [2.05, 4.69) is 15.1 Å². The monoisotopic (exact) mass is 273 g/mol. The van der Waals surface area contributed by atoms with Crippen molar-refractivity contribution in [1.29, 1.82) is 0 Å². The molecule has 1 rings (SSSR count). The number of methoxy groups -OCH3 is 2. The van der Waals surface area contributed by atoms with Crippen LogP contribution in [0.25, 0.3) is 0 Å². The second-order valence-electron chi connectivity index (χ2n) is 3.84. The molecule has 0 saturated carbocycles. The molecule has 1 heterocycles. The molecular weight excluding hydrogens is 254 g/mol. The molecular formula is C12H20ClN3O2. The highest BCUT2D eigenvalue weighted by atomic mass is 35.5. The molecule has 18 heavy (non-hydrogen) atoms. The van der Waals surface area contributed by atoms with Gasteiger partial charge in [0.05, 0.1) is 18.2 Å². The number of nitrogens with zero attached hydrogens (tertiary/aromatic N) is 3. The second kappa shape index (κ2) is 9.08. The first kappa shape index (κ1) is 15.1. The van der Waals surface area contributed by atoms with E-state index in [9.17, 15) is 0 Å². The number of hydrogen-bond donors (Lipinski definition) is 0. The van der Waals surface area contributed by atoms with Crippen LogP contribution < -0.4 is 4.90 Å². The van der Waals surface area contributed by atoms with Crippen molar-refractivity contribution in [3.8, 4) is 0 Å². The third-order valence-corrected chi connectivity index (χ3v) is 2.78. The molecule has 0 atom stereocenters. The summed E-state index contributed by atoms with van der Waals surface area (Å²) in [7, 11) is 3.39. The van der Waals surface area contributed by atoms with E-state index in [1.807, 2.05) is 12.1 Å². The van der Waals surface area contributed by atoms with E-state index >= 15 is 0 Å². The molecule has 1 aromatic heterocycles. The zero-order valence-corrected chi connectivity index (χ0v) is 11.7. The minimum atomic E-state index is 0.384. The molecule has 0 aliphatic carbocycles. The fraction of sp³-hybridized carbons (Fsp3) is 0.667. The van der Waals surface area contributed by atoms with Crippen LogP contribution in [0.3, 0.4) is 0 Å². The highest BCUT2D eigenvalue weighted by molar-refractivity contribution is 6.16. The zero-order chi connectivity index (χ0) is 13.2. The van der Waals surface area contributed by atoms with Crippen molar-refractivity contribution in [2.75, 3.05) is 45.4 Å². The van der Waals surface area contributed by atoms with E-state index < -0.39 is 0 Å². The third kappa shape index (κ3) is 5.16. The maximum absolute atomic E-state index is 5.69. The number of hydrogen-bond acceptors (Lipinski definition) is 5. The number of rotatable bonds is 9. The van der Waals surface area contributed by atoms with Gasteiger partial charge in [0.15, 0.2) is 5.82 Å². The van der Waals surface area contributed by atoms with Gasteiger partial charge in [-0.25, -0.2) is 0 Å². The van der Waals surface area contributed by atoms with Crippen molar-refractivity contribution in [1.82, 2.24) is 10.2 Å². The summed E-state index contributed by atoms with van der Waals surface area (Å²) < 4.78 is 10.2. The summed E-state index contributed by atoms with van der Waals surface area (Å²) in [5, 5.41) is 8.24. The van der Waals surface area contributed by atoms with Crippen LogP contribution in [0.5, 0.6) is 0 Å². The normalized spacial score (nSPS) is 10.6. The molecule has 6 heteroatoms. The first-order valence-electron chi connectivity index (χ1n) is 5.93. The van der Waals surface area contributed by atoms with Gasteiger partial charge < -0.3 is 14.4 Å². The molecule has 0 fully saturated rings. The maximum Gasteiger partial charge on any atom is 0.151 e. The Labute approximate surface area is 113 Å². The quantitative estimate of drug-likeness (QED) is 0.506. The van der Waals surface area contributed by atoms with Crippen LogP contribution in [-0.2, 0) is 15.4 Å². The van der Waals surface area contributed by atoms with Crippen molar-refractivity contribution < 1.29 is 9.47 Å². The van der Waals surface area contributed by atoms with Gasteiger partial charge in [-0.15, -0.1) is 16.7 Å². The lowest BCUT2D eigenvalue weighted by molar-refractivity contribution is 0.191. The van der Waals surface area contributed by atoms with E-state index in [1.54, 1.807) is 14.2 Å². The van der Waals surface area contributed by atoms with E-state index in [1.165, 1.54) is 0 Å². The van der Waals surface area contributed by atoms with Crippen LogP contribution >= 0.6 is 11.6 Å². The molecule has 0 N–H and O–H groups in total. The number of anilines is 1. The first-order valence-corrected chi connectivity index (χ1v) is 6.46. The summed E-state index contributed by atoms with van der Waals surface area (Å²) in [6.07, 6.45) is 0.944. The lowest BCUT2D eigenvalue weighted by Crippen LogP contribution is -2.30. The van der Waals surface area contributed by atoms with Gasteiger partial charge in [0, 0.05) is 33.9 Å². The van der Waals surface area contributed by atoms with Crippen LogP contribution in [0.2, 0.25) is 0 Å². The Kier molecular flexibility index (Phi) is 7.64. The van der Waals surface area contributed by atoms with Crippen molar-refractivity contribution in [2.24, 2.45) is 0 Å². The maximum atomic E-state index is 5.69. The Morgan fingerprint density at radius 2 is 1.89 bits per heavy atom. The predicted octanol–water partition coefficient (Wildman–Crippen LogP) is 1.70. The van der Waals surface area contributed by atoms with Crippen LogP contribution in [-0.4, -0.2) is 50.7 Å². The molecule has 0 amide bonds. The summed E-state index contributed by atoms with van der Waals surface area (Å²) in [4.78, 5) is 2.13. The smallest absolute Gasteiger partial charge is 0.151 e. The number of aromatic nitrogens is 2. The number of alkyl halides is 1. The summed E-state index contributed by atoms with van der Waals surface area (Å²) in [5.41, 5.74) is 0.781. The van der Waals surface area contributed by atoms with E-state index in [-0.39, 0.29) is 0 Å². The average molecular weight is 274 g/mol. The van der Waals surface area contributed by atoms with Gasteiger partial charge in [-0.05, 0) is 18.6 Å². The summed E-state index contributed by atoms with van der Waals surface area (Å²) >= 11 is 5.69. The van der Waals surface area contributed by atoms with Gasteiger partial charge in [0.2, 0.25) is 0 Å². The largest absolute Gasteiger partial charge is 0.385 e. The van der Waals surface area contributed by atoms with Crippen LogP contribution in [0.4, 0.5) is 5.82 Å². The SMILES string of the molecule is COCCCN(CCOC)c1ccc(CCl)nn1. The Morgan fingerprint density at radius 3 is 2.44 bits per heavy atom. The fourth-order valence-corrected chi connectivity index (χ4v) is 1.68. The van der Waals surface area contributed by atoms with Crippen molar-refractivity contribution >= 4 is 17.4 Å². The van der Waals surface area contributed by atoms with Crippen molar-refractivity contribution in [3.05, 3.63) is 17.8 Å². The molecule has 0 spiro atoms. The van der Waals surface area contributed by atoms with Crippen LogP contribution in [0, 0.1) is 0 Å². The third-order valence-electron chi connectivity index (χ3n) is 2.51. The summed E-state index contributed by atoms with van der Waals surface area (Å²) in [6.45, 7) is 3.05. The Morgan fingerprint density at radius 1 is 1.11 bits per heavy atom. The topological polar surface area (TPSA) is 47.5 Å². The summed E-state index contributed by atoms with van der Waals surface area (Å²) in [6, 6.07) is 3.83. The van der Waals surface area contributed by atoms with Gasteiger partial charge in [-0.3, -0.25) is 0 Å². The van der Waals surface area contributed by atoms with Gasteiger partial charge in [0.1, 0.15) is 0 Å². The van der Waals surface area contributed by atoms with E-state index in [4.69, 9.17) is 21.1 Å². The lowest BCUT2D eigenvalue weighted by Gasteiger charge is -2.22. The highest BCUT2D eigenvalue weighted by Crippen LogP contribution is 2.11. The van der Waals surface area contributed by atoms with Crippen molar-refractivity contribution in [2.45, 2.75) is 12.3 Å². The zero-order valence-electron chi connectivity index (χ0n) is 10.9. The number of halogens is 1.